The maximum atomic E-state index is 12.1. The second kappa shape index (κ2) is 7.92. The van der Waals surface area contributed by atoms with E-state index in [-0.39, 0.29) is 16.7 Å². The summed E-state index contributed by atoms with van der Waals surface area (Å²) < 4.78 is 6.54. The van der Waals surface area contributed by atoms with Gasteiger partial charge in [0.1, 0.15) is 17.1 Å². The number of aryl methyl sites for hydroxylation is 1. The van der Waals surface area contributed by atoms with E-state index in [1.807, 2.05) is 12.1 Å². The molecule has 1 aromatic heterocycles. The molecule has 1 aromatic carbocycles. The third kappa shape index (κ3) is 3.79. The molecule has 0 bridgehead atoms. The summed E-state index contributed by atoms with van der Waals surface area (Å²) in [7, 11) is 1.28. The van der Waals surface area contributed by atoms with E-state index in [0.29, 0.717) is 46.0 Å². The molecule has 2 N–H and O–H groups in total. The molecule has 0 radical (unpaired) electrons. The monoisotopic (exact) mass is 411 g/mol. The first-order valence-electron chi connectivity index (χ1n) is 8.79. The number of thioether (sulfide) groups is 1. The normalized spacial score (nSPS) is 11.2. The number of rotatable bonds is 6. The minimum absolute atomic E-state index is 0.156. The number of methoxy groups -OCH3 is 1. The Kier molecular flexibility index (Phi) is 5.17. The van der Waals surface area contributed by atoms with Crippen LogP contribution in [0.4, 0.5) is 0 Å². The Morgan fingerprint density at radius 3 is 2.86 bits per heavy atom. The van der Waals surface area contributed by atoms with Gasteiger partial charge in [0.05, 0.1) is 29.3 Å². The number of hydrogen-bond acceptors (Lipinski definition) is 7. The molecule has 2 aliphatic heterocycles. The number of pyridine rings is 1. The van der Waals surface area contributed by atoms with Crippen molar-refractivity contribution >= 4 is 28.6 Å². The minimum atomic E-state index is -0.554. The Labute approximate surface area is 168 Å². The maximum Gasteiger partial charge on any atom is 0.341 e. The van der Waals surface area contributed by atoms with E-state index in [9.17, 15) is 14.4 Å². The largest absolute Gasteiger partial charge is 0.465 e. The molecule has 0 saturated heterocycles. The summed E-state index contributed by atoms with van der Waals surface area (Å²) in [4.78, 5) is 43.3. The van der Waals surface area contributed by atoms with E-state index in [2.05, 4.69) is 20.2 Å². The molecule has 0 saturated carbocycles. The number of H-pyrrole nitrogens is 2. The van der Waals surface area contributed by atoms with Crippen LogP contribution in [0, 0.1) is 0 Å². The van der Waals surface area contributed by atoms with Crippen molar-refractivity contribution in [3.8, 4) is 11.3 Å². The van der Waals surface area contributed by atoms with Crippen LogP contribution in [0.15, 0.2) is 46.2 Å². The first-order chi connectivity index (χ1) is 14.1. The lowest BCUT2D eigenvalue weighted by atomic mass is 10.1. The summed E-state index contributed by atoms with van der Waals surface area (Å²) in [6.45, 7) is 0.549. The Morgan fingerprint density at radius 2 is 2.03 bits per heavy atom. The summed E-state index contributed by atoms with van der Waals surface area (Å²) in [6, 6.07) is 7.20. The molecule has 3 heterocycles. The summed E-state index contributed by atoms with van der Waals surface area (Å²) >= 11 is 1.58. The van der Waals surface area contributed by atoms with E-state index < -0.39 is 5.97 Å². The zero-order valence-electron chi connectivity index (χ0n) is 15.5. The van der Waals surface area contributed by atoms with Crippen LogP contribution < -0.4 is 11.1 Å². The number of carbonyl (C=O) groups excluding carboxylic acids is 1. The van der Waals surface area contributed by atoms with Crippen molar-refractivity contribution in [2.24, 2.45) is 0 Å². The second-order valence-electron chi connectivity index (χ2n) is 6.30. The summed E-state index contributed by atoms with van der Waals surface area (Å²) in [5.41, 5.74) is 1.01. The predicted octanol–water partition coefficient (Wildman–Crippen LogP) is 1.63. The van der Waals surface area contributed by atoms with Gasteiger partial charge in [0.15, 0.2) is 0 Å². The van der Waals surface area contributed by atoms with Gasteiger partial charge in [-0.1, -0.05) is 12.1 Å². The number of benzene rings is 1. The van der Waals surface area contributed by atoms with Crippen LogP contribution in [0.5, 0.6) is 0 Å². The van der Waals surface area contributed by atoms with Gasteiger partial charge in [-0.15, -0.1) is 0 Å². The highest BCUT2D eigenvalue weighted by Crippen LogP contribution is 2.21. The molecule has 4 rings (SSSR count). The van der Waals surface area contributed by atoms with Crippen LogP contribution in [-0.2, 0) is 17.0 Å². The lowest BCUT2D eigenvalue weighted by Crippen LogP contribution is -2.13. The quantitative estimate of drug-likeness (QED) is 0.365. The molecule has 0 fully saturated rings. The molecule has 0 spiro atoms. The number of esters is 1. The van der Waals surface area contributed by atoms with Crippen LogP contribution in [0.25, 0.3) is 22.2 Å². The van der Waals surface area contributed by atoms with Crippen molar-refractivity contribution in [3.05, 3.63) is 68.8 Å². The minimum Gasteiger partial charge on any atom is -0.465 e. The fraction of sp³-hybridized carbons (Fsp3) is 0.211. The van der Waals surface area contributed by atoms with E-state index in [1.54, 1.807) is 40.9 Å². The smallest absolute Gasteiger partial charge is 0.341 e. The van der Waals surface area contributed by atoms with Crippen LogP contribution in [0.3, 0.4) is 0 Å². The highest BCUT2D eigenvalue weighted by molar-refractivity contribution is 7.98. The highest BCUT2D eigenvalue weighted by atomic mass is 32.2. The molecule has 9 nitrogen and oxygen atoms in total. The number of para-hydroxylation sites is 1. The van der Waals surface area contributed by atoms with Gasteiger partial charge in [-0.05, 0) is 12.1 Å². The molecule has 0 aliphatic carbocycles. The summed E-state index contributed by atoms with van der Waals surface area (Å²) in [6.07, 6.45) is 3.27. The molecule has 29 heavy (non-hydrogen) atoms. The molecule has 2 aliphatic rings. The van der Waals surface area contributed by atoms with Crippen LogP contribution >= 0.6 is 11.8 Å². The van der Waals surface area contributed by atoms with Crippen molar-refractivity contribution in [2.45, 2.75) is 12.3 Å². The lowest BCUT2D eigenvalue weighted by molar-refractivity contribution is 0.0600. The Morgan fingerprint density at radius 1 is 1.21 bits per heavy atom. The average Bonchev–Trinajstić information content (AvgIpc) is 3.11. The summed E-state index contributed by atoms with van der Waals surface area (Å²) in [5, 5.41) is 6.82. The van der Waals surface area contributed by atoms with Crippen LogP contribution in [0.2, 0.25) is 0 Å². The number of fused-ring (bicyclic) bond motifs is 2. The predicted molar refractivity (Wildman–Crippen MR) is 109 cm³/mol. The number of nitrogens with one attached hydrogen (secondary N) is 2. The van der Waals surface area contributed by atoms with E-state index >= 15 is 0 Å². The molecule has 2 aromatic rings. The number of nitrogens with zero attached hydrogens (tertiary/aromatic N) is 3. The van der Waals surface area contributed by atoms with Gasteiger partial charge in [-0.25, -0.2) is 14.9 Å². The number of aromatic amines is 2. The Hall–Kier alpha value is -3.40. The molecule has 0 amide bonds. The van der Waals surface area contributed by atoms with E-state index in [1.165, 1.54) is 7.11 Å². The maximum absolute atomic E-state index is 12.1. The number of hydrogen-bond donors (Lipinski definition) is 2. The standard InChI is InChI=1S/C19H17N5O4S/c1-28-19(27)13-9-24(8-12-16(13)22-23-18(12)26)6-7-29-10-15-20-14-5-3-2-4-11(14)17(25)21-15/h2-5,8-9H,6-7,10H2,1H3,(H,23,26)(H,20,21,25). The first kappa shape index (κ1) is 18.9. The van der Waals surface area contributed by atoms with Gasteiger partial charge in [0.25, 0.3) is 11.1 Å². The van der Waals surface area contributed by atoms with Gasteiger partial charge < -0.3 is 14.3 Å². The second-order valence-corrected chi connectivity index (χ2v) is 7.40. The molecular weight excluding hydrogens is 394 g/mol. The van der Waals surface area contributed by atoms with Crippen molar-refractivity contribution in [3.63, 3.8) is 0 Å². The summed E-state index contributed by atoms with van der Waals surface area (Å²) in [5.74, 6) is 1.26. The Balaban J connectivity index is 1.47. The first-order valence-corrected chi connectivity index (χ1v) is 9.94. The SMILES string of the molecule is COC(=O)c1cn(CCSCc2nc3ccccc3c(=O)[nH]2)cc2c(=O)[nH]nc1-2. The lowest BCUT2D eigenvalue weighted by Gasteiger charge is -2.11. The average molecular weight is 411 g/mol. The highest BCUT2D eigenvalue weighted by Gasteiger charge is 2.21. The van der Waals surface area contributed by atoms with E-state index in [0.717, 1.165) is 0 Å². The van der Waals surface area contributed by atoms with Gasteiger partial charge in [0.2, 0.25) is 0 Å². The van der Waals surface area contributed by atoms with E-state index in [4.69, 9.17) is 4.74 Å². The van der Waals surface area contributed by atoms with Crippen molar-refractivity contribution in [1.82, 2.24) is 24.7 Å². The molecular formula is C19H17N5O4S. The van der Waals surface area contributed by atoms with Crippen molar-refractivity contribution < 1.29 is 9.53 Å². The number of ether oxygens (including phenoxy) is 1. The Bertz CT molecular complexity index is 1280. The molecule has 0 unspecified atom stereocenters. The fourth-order valence-electron chi connectivity index (χ4n) is 3.02. The molecule has 0 atom stereocenters. The van der Waals surface area contributed by atoms with Gasteiger partial charge >= 0.3 is 5.97 Å². The van der Waals surface area contributed by atoms with Crippen molar-refractivity contribution in [2.75, 3.05) is 12.9 Å². The fourth-order valence-corrected chi connectivity index (χ4v) is 3.83. The van der Waals surface area contributed by atoms with Crippen LogP contribution in [0.1, 0.15) is 16.2 Å². The number of aromatic nitrogens is 5. The third-order valence-corrected chi connectivity index (χ3v) is 5.36. The van der Waals surface area contributed by atoms with Crippen molar-refractivity contribution in [1.29, 1.82) is 0 Å². The third-order valence-electron chi connectivity index (χ3n) is 4.41. The topological polar surface area (TPSA) is 123 Å². The zero-order chi connectivity index (χ0) is 20.4. The number of carbonyl (C=O) groups is 1. The molecule has 148 valence electrons. The van der Waals surface area contributed by atoms with Crippen LogP contribution in [-0.4, -0.2) is 43.6 Å². The molecule has 10 heteroatoms. The van der Waals surface area contributed by atoms with Gasteiger partial charge in [-0.3, -0.25) is 9.59 Å². The van der Waals surface area contributed by atoms with Gasteiger partial charge in [-0.2, -0.15) is 16.9 Å². The van der Waals surface area contributed by atoms with Gasteiger partial charge in [0, 0.05) is 24.7 Å². The zero-order valence-corrected chi connectivity index (χ0v) is 16.3.